The van der Waals surface area contributed by atoms with E-state index in [0.29, 0.717) is 6.29 Å². The number of aromatic nitrogens is 3. The maximum absolute atomic E-state index is 11.2. The number of aliphatic hydroxyl groups is 5. The molecule has 0 aliphatic carbocycles. The molecule has 0 radical (unpaired) electrons. The van der Waals surface area contributed by atoms with Gasteiger partial charge in [0.05, 0.1) is 0 Å². The van der Waals surface area contributed by atoms with Crippen LogP contribution in [0.3, 0.4) is 0 Å². The van der Waals surface area contributed by atoms with Gasteiger partial charge in [-0.05, 0) is 70.6 Å². The molecule has 1 aromatic rings. The highest BCUT2D eigenvalue weighted by Gasteiger charge is 2.28. The van der Waals surface area contributed by atoms with Crippen LogP contribution in [0.5, 0.6) is 0 Å². The van der Waals surface area contributed by atoms with E-state index in [1.807, 2.05) is 4.72 Å². The van der Waals surface area contributed by atoms with Crippen LogP contribution in [0.2, 0.25) is 0 Å². The zero-order valence-electron chi connectivity index (χ0n) is 29.0. The molecule has 0 aliphatic rings. The van der Waals surface area contributed by atoms with Gasteiger partial charge in [-0.3, -0.25) is 18.6 Å². The van der Waals surface area contributed by atoms with Crippen LogP contribution in [-0.2, 0) is 46.1 Å². The predicted molar refractivity (Wildman–Crippen MR) is 186 cm³/mol. The van der Waals surface area contributed by atoms with E-state index in [9.17, 15) is 51.4 Å². The van der Waals surface area contributed by atoms with Gasteiger partial charge in [-0.15, -0.1) is 0 Å². The van der Waals surface area contributed by atoms with Crippen molar-refractivity contribution < 1.29 is 74.5 Å². The molecular formula is C25H51N9O16S3. The van der Waals surface area contributed by atoms with Crippen molar-refractivity contribution in [2.45, 2.75) is 121 Å². The molecule has 25 nitrogen and oxygen atoms in total. The summed E-state index contributed by atoms with van der Waals surface area (Å²) in [4.78, 5) is 24.4. The monoisotopic (exact) mass is 829 g/mol. The van der Waals surface area contributed by atoms with Gasteiger partial charge in [0.2, 0.25) is 29.1 Å². The number of aldehydes is 1. The SMILES string of the molecule is COC(CCCC(O)Nc1nc(NC(O)CCCC(O)NS(=O)(=O)O)nc(N(C(O)CCCC=O)C(O)CCCC(NS(=O)(=O)O)OC)n1)NS(=O)O. The number of hydrogen-bond acceptors (Lipinski definition) is 19. The van der Waals surface area contributed by atoms with Crippen molar-refractivity contribution in [2.24, 2.45) is 0 Å². The molecule has 8 unspecified atom stereocenters. The quantitative estimate of drug-likeness (QED) is 0.0120. The average Bonchev–Trinajstić information content (AvgIpc) is 3.02. The predicted octanol–water partition coefficient (Wildman–Crippen LogP) is -2.57. The lowest BCUT2D eigenvalue weighted by molar-refractivity contribution is -0.108. The van der Waals surface area contributed by atoms with E-state index < -0.39 is 81.4 Å². The molecule has 53 heavy (non-hydrogen) atoms. The molecular weight excluding hydrogens is 779 g/mol. The van der Waals surface area contributed by atoms with E-state index >= 15 is 0 Å². The first-order chi connectivity index (χ1) is 24.8. The molecule has 1 aromatic heterocycles. The number of hydrogen-bond donors (Lipinski definition) is 13. The number of ether oxygens (including phenoxy) is 2. The molecule has 0 fully saturated rings. The van der Waals surface area contributed by atoms with E-state index in [1.54, 1.807) is 4.72 Å². The van der Waals surface area contributed by atoms with Crippen molar-refractivity contribution >= 4 is 56.0 Å². The van der Waals surface area contributed by atoms with Gasteiger partial charge >= 0.3 is 20.6 Å². The third-order valence-electron chi connectivity index (χ3n) is 7.07. The molecule has 0 bridgehead atoms. The number of nitrogens with zero attached hydrogens (tertiary/aromatic N) is 4. The van der Waals surface area contributed by atoms with Gasteiger partial charge in [0.25, 0.3) is 0 Å². The summed E-state index contributed by atoms with van der Waals surface area (Å²) in [5.41, 5.74) is 0. The van der Waals surface area contributed by atoms with Crippen molar-refractivity contribution in [3.63, 3.8) is 0 Å². The Kier molecular flexibility index (Phi) is 22.8. The van der Waals surface area contributed by atoms with E-state index in [0.717, 1.165) is 4.90 Å². The Labute approximate surface area is 309 Å². The summed E-state index contributed by atoms with van der Waals surface area (Å²) in [6.45, 7) is 0. The second-order valence-electron chi connectivity index (χ2n) is 11.4. The van der Waals surface area contributed by atoms with Crippen LogP contribution in [0.25, 0.3) is 0 Å². The maximum Gasteiger partial charge on any atom is 0.335 e. The van der Waals surface area contributed by atoms with Crippen LogP contribution in [0.4, 0.5) is 17.8 Å². The fraction of sp³-hybridized carbons (Fsp3) is 0.840. The lowest BCUT2D eigenvalue weighted by atomic mass is 10.1. The smallest absolute Gasteiger partial charge is 0.335 e. The van der Waals surface area contributed by atoms with Gasteiger partial charge in [0.1, 0.15) is 49.9 Å². The summed E-state index contributed by atoms with van der Waals surface area (Å²) >= 11 is -2.35. The second kappa shape index (κ2) is 24.9. The first kappa shape index (κ1) is 48.6. The highest BCUT2D eigenvalue weighted by molar-refractivity contribution is 7.84. The minimum atomic E-state index is -4.68. The minimum Gasteiger partial charge on any atom is -0.378 e. The lowest BCUT2D eigenvalue weighted by Crippen LogP contribution is -2.45. The van der Waals surface area contributed by atoms with Crippen LogP contribution in [0.1, 0.15) is 77.0 Å². The molecule has 1 rings (SSSR count). The second-order valence-corrected chi connectivity index (χ2v) is 14.5. The highest BCUT2D eigenvalue weighted by atomic mass is 32.2. The van der Waals surface area contributed by atoms with E-state index in [4.69, 9.17) is 23.1 Å². The van der Waals surface area contributed by atoms with Gasteiger partial charge < -0.3 is 50.4 Å². The third-order valence-corrected chi connectivity index (χ3v) is 8.66. The lowest BCUT2D eigenvalue weighted by Gasteiger charge is -2.33. The van der Waals surface area contributed by atoms with Crippen LogP contribution < -0.4 is 29.7 Å². The number of methoxy groups -OCH3 is 2. The summed E-state index contributed by atoms with van der Waals surface area (Å²) in [5, 5.41) is 58.5. The molecule has 0 saturated heterocycles. The molecule has 0 amide bonds. The summed E-state index contributed by atoms with van der Waals surface area (Å²) in [7, 11) is -6.80. The molecule has 0 aromatic carbocycles. The number of aliphatic hydroxyl groups excluding tert-OH is 5. The minimum absolute atomic E-state index is 0.00992. The summed E-state index contributed by atoms with van der Waals surface area (Å²) in [6, 6.07) is 0. The molecule has 13 N–H and O–H groups in total. The van der Waals surface area contributed by atoms with E-state index in [2.05, 4.69) is 30.3 Å². The average molecular weight is 830 g/mol. The van der Waals surface area contributed by atoms with Crippen LogP contribution in [-0.4, -0.2) is 139 Å². The van der Waals surface area contributed by atoms with E-state index in [1.165, 1.54) is 14.2 Å². The Balaban J connectivity index is 3.35. The summed E-state index contributed by atoms with van der Waals surface area (Å²) in [5.74, 6) is -1.06. The molecule has 1 heterocycles. The highest BCUT2D eigenvalue weighted by Crippen LogP contribution is 2.24. The van der Waals surface area contributed by atoms with Gasteiger partial charge in [0, 0.05) is 20.6 Å². The summed E-state index contributed by atoms with van der Waals surface area (Å²) in [6.07, 6.45) is -8.69. The fourth-order valence-corrected chi connectivity index (χ4v) is 6.07. The molecule has 28 heteroatoms. The van der Waals surface area contributed by atoms with Gasteiger partial charge in [-0.25, -0.2) is 4.21 Å². The van der Waals surface area contributed by atoms with Crippen LogP contribution in [0, 0.1) is 0 Å². The van der Waals surface area contributed by atoms with Gasteiger partial charge in [-0.1, -0.05) is 0 Å². The van der Waals surface area contributed by atoms with Crippen molar-refractivity contribution in [1.82, 2.24) is 29.1 Å². The maximum atomic E-state index is 11.2. The first-order valence-corrected chi connectivity index (χ1v) is 20.1. The molecule has 0 saturated carbocycles. The number of carbonyl (C=O) groups is 1. The first-order valence-electron chi connectivity index (χ1n) is 16.1. The van der Waals surface area contributed by atoms with Crippen molar-refractivity contribution in [2.75, 3.05) is 29.8 Å². The zero-order chi connectivity index (χ0) is 40.2. The normalized spacial score (nSPS) is 16.9. The number of rotatable bonds is 31. The Morgan fingerprint density at radius 1 is 0.698 bits per heavy atom. The number of carbonyl (C=O) groups excluding carboxylic acids is 1. The van der Waals surface area contributed by atoms with Crippen molar-refractivity contribution in [1.29, 1.82) is 0 Å². The molecule has 310 valence electrons. The number of unbranched alkanes of at least 4 members (excludes halogenated alkanes) is 1. The Bertz CT molecular complexity index is 1450. The topological polar surface area (TPSA) is 385 Å². The van der Waals surface area contributed by atoms with Crippen molar-refractivity contribution in [3.05, 3.63) is 0 Å². The van der Waals surface area contributed by atoms with Crippen molar-refractivity contribution in [3.8, 4) is 0 Å². The molecule has 0 spiro atoms. The summed E-state index contributed by atoms with van der Waals surface area (Å²) < 4.78 is 97.8. The molecule has 0 aliphatic heterocycles. The Morgan fingerprint density at radius 3 is 1.62 bits per heavy atom. The van der Waals surface area contributed by atoms with Crippen LogP contribution >= 0.6 is 0 Å². The zero-order valence-corrected chi connectivity index (χ0v) is 31.4. The van der Waals surface area contributed by atoms with Crippen LogP contribution in [0.15, 0.2) is 0 Å². The number of nitrogens with one attached hydrogen (secondary N) is 5. The van der Waals surface area contributed by atoms with Gasteiger partial charge in [0.15, 0.2) is 0 Å². The largest absolute Gasteiger partial charge is 0.378 e. The standard InChI is InChI=1S/C25H51N9O16S3/c1-49-19(31-51(41)42)11-6-9-17(37)27-24-28-23(26-16(36)8-5-10-18(38)32-52(43,44)45)29-25(30-24)34(21(39)13-3-4-15-35)22(40)14-7-12-20(50-2)33-53(46,47)48/h15-22,31-33,36-40H,3-14H2,1-2H3,(H,41,42)(H,43,44,45)(H,46,47,48)(H2,26,27,28,29,30). The number of anilines is 3. The fourth-order valence-electron chi connectivity index (χ4n) is 4.62. The van der Waals surface area contributed by atoms with E-state index in [-0.39, 0.29) is 88.9 Å². The Hall–Kier alpha value is -2.39. The van der Waals surface area contributed by atoms with Gasteiger partial charge in [-0.2, -0.15) is 46.0 Å². The third kappa shape index (κ3) is 22.6. The molecule has 8 atom stereocenters. The Morgan fingerprint density at radius 2 is 1.15 bits per heavy atom.